The lowest BCUT2D eigenvalue weighted by Crippen LogP contribution is -2.37. The van der Waals surface area contributed by atoms with Gasteiger partial charge < -0.3 is 10.2 Å². The first-order valence-electron chi connectivity index (χ1n) is 5.94. The summed E-state index contributed by atoms with van der Waals surface area (Å²) in [6, 6.07) is 10.1. The number of para-hydroxylation sites is 1. The zero-order valence-corrected chi connectivity index (χ0v) is 9.65. The van der Waals surface area contributed by atoms with E-state index in [9.17, 15) is 4.79 Å². The van der Waals surface area contributed by atoms with Gasteiger partial charge in [-0.15, -0.1) is 0 Å². The van der Waals surface area contributed by atoms with Gasteiger partial charge in [0.15, 0.2) is 0 Å². The van der Waals surface area contributed by atoms with Gasteiger partial charge in [-0.2, -0.15) is 0 Å². The van der Waals surface area contributed by atoms with Crippen molar-refractivity contribution in [2.24, 2.45) is 0 Å². The van der Waals surface area contributed by atoms with E-state index in [4.69, 9.17) is 0 Å². The normalized spacial score (nSPS) is 14.6. The van der Waals surface area contributed by atoms with Crippen molar-refractivity contribution in [1.29, 1.82) is 0 Å². The molecule has 0 heterocycles. The molecule has 1 saturated carbocycles. The molecule has 1 aliphatic carbocycles. The number of hydrogen-bond donors (Lipinski definition) is 1. The maximum atomic E-state index is 12.0. The second-order valence-corrected chi connectivity index (χ2v) is 4.22. The molecular weight excluding hydrogens is 200 g/mol. The Balaban J connectivity index is 1.95. The highest BCUT2D eigenvalue weighted by Crippen LogP contribution is 2.27. The quantitative estimate of drug-likeness (QED) is 0.827. The van der Waals surface area contributed by atoms with Gasteiger partial charge in [-0.25, -0.2) is 4.79 Å². The molecule has 3 heteroatoms. The van der Waals surface area contributed by atoms with Crippen LogP contribution in [0.2, 0.25) is 0 Å². The molecule has 86 valence electrons. The molecule has 1 aliphatic rings. The van der Waals surface area contributed by atoms with Gasteiger partial charge in [-0.3, -0.25) is 0 Å². The topological polar surface area (TPSA) is 32.3 Å². The van der Waals surface area contributed by atoms with Crippen LogP contribution in [0.1, 0.15) is 26.2 Å². The van der Waals surface area contributed by atoms with Crippen molar-refractivity contribution in [1.82, 2.24) is 4.90 Å². The van der Waals surface area contributed by atoms with E-state index in [1.165, 1.54) is 0 Å². The summed E-state index contributed by atoms with van der Waals surface area (Å²) in [5.41, 5.74) is 0.870. The first kappa shape index (κ1) is 11.0. The van der Waals surface area contributed by atoms with Gasteiger partial charge in [-0.05, 0) is 31.4 Å². The van der Waals surface area contributed by atoms with Crippen molar-refractivity contribution in [3.05, 3.63) is 30.3 Å². The molecule has 16 heavy (non-hydrogen) atoms. The Morgan fingerprint density at radius 3 is 2.62 bits per heavy atom. The molecule has 1 N–H and O–H groups in total. The molecule has 0 saturated heterocycles. The minimum absolute atomic E-state index is 0.0375. The minimum Gasteiger partial charge on any atom is -0.322 e. The number of urea groups is 1. The second-order valence-electron chi connectivity index (χ2n) is 4.22. The number of carbonyl (C=O) groups excluding carboxylic acids is 1. The number of carbonyl (C=O) groups is 1. The Kier molecular flexibility index (Phi) is 3.44. The van der Waals surface area contributed by atoms with Gasteiger partial charge in [0.2, 0.25) is 0 Å². The maximum Gasteiger partial charge on any atom is 0.322 e. The fourth-order valence-electron chi connectivity index (χ4n) is 1.79. The van der Waals surface area contributed by atoms with E-state index in [2.05, 4.69) is 12.2 Å². The van der Waals surface area contributed by atoms with E-state index in [0.29, 0.717) is 6.04 Å². The van der Waals surface area contributed by atoms with Gasteiger partial charge in [0.1, 0.15) is 0 Å². The fraction of sp³-hybridized carbons (Fsp3) is 0.462. The first-order chi connectivity index (χ1) is 7.81. The van der Waals surface area contributed by atoms with Crippen LogP contribution in [-0.4, -0.2) is 23.5 Å². The van der Waals surface area contributed by atoms with E-state index < -0.39 is 0 Å². The van der Waals surface area contributed by atoms with Gasteiger partial charge >= 0.3 is 6.03 Å². The fourth-order valence-corrected chi connectivity index (χ4v) is 1.79. The third-order valence-electron chi connectivity index (χ3n) is 2.74. The van der Waals surface area contributed by atoms with Gasteiger partial charge in [0.25, 0.3) is 0 Å². The number of anilines is 1. The molecule has 0 aliphatic heterocycles. The molecule has 2 amide bonds. The first-order valence-corrected chi connectivity index (χ1v) is 5.94. The van der Waals surface area contributed by atoms with Crippen LogP contribution in [-0.2, 0) is 0 Å². The standard InChI is InChI=1S/C13H18N2O/c1-2-10-15(12-8-9-12)13(16)14-11-6-4-3-5-7-11/h3-7,12H,2,8-10H2,1H3,(H,14,16). The van der Waals surface area contributed by atoms with Crippen LogP contribution in [0, 0.1) is 0 Å². The number of rotatable bonds is 4. The summed E-state index contributed by atoms with van der Waals surface area (Å²) < 4.78 is 0. The average Bonchev–Trinajstić information content (AvgIpc) is 3.11. The molecule has 0 bridgehead atoms. The van der Waals surface area contributed by atoms with Crippen LogP contribution in [0.4, 0.5) is 10.5 Å². The lowest BCUT2D eigenvalue weighted by Gasteiger charge is -2.22. The summed E-state index contributed by atoms with van der Waals surface area (Å²) >= 11 is 0. The predicted molar refractivity (Wildman–Crippen MR) is 65.5 cm³/mol. The SMILES string of the molecule is CCCN(C(=O)Nc1ccccc1)C1CC1. The van der Waals surface area contributed by atoms with Gasteiger partial charge in [-0.1, -0.05) is 25.1 Å². The van der Waals surface area contributed by atoms with Crippen molar-refractivity contribution >= 4 is 11.7 Å². The molecule has 0 radical (unpaired) electrons. The molecular formula is C13H18N2O. The molecule has 3 nitrogen and oxygen atoms in total. The molecule has 1 fully saturated rings. The maximum absolute atomic E-state index is 12.0. The van der Waals surface area contributed by atoms with Crippen molar-refractivity contribution in [2.45, 2.75) is 32.2 Å². The smallest absolute Gasteiger partial charge is 0.322 e. The van der Waals surface area contributed by atoms with Gasteiger partial charge in [0, 0.05) is 18.3 Å². The number of amides is 2. The lowest BCUT2D eigenvalue weighted by atomic mass is 10.3. The molecule has 1 aromatic rings. The molecule has 2 rings (SSSR count). The highest BCUT2D eigenvalue weighted by molar-refractivity contribution is 5.89. The molecule has 0 spiro atoms. The average molecular weight is 218 g/mol. The minimum atomic E-state index is 0.0375. The van der Waals surface area contributed by atoms with Crippen LogP contribution < -0.4 is 5.32 Å². The van der Waals surface area contributed by atoms with Crippen LogP contribution in [0.3, 0.4) is 0 Å². The molecule has 0 aromatic heterocycles. The number of nitrogens with zero attached hydrogens (tertiary/aromatic N) is 1. The van der Waals surface area contributed by atoms with Crippen LogP contribution in [0.15, 0.2) is 30.3 Å². The summed E-state index contributed by atoms with van der Waals surface area (Å²) in [6.45, 7) is 2.95. The van der Waals surface area contributed by atoms with Crippen LogP contribution >= 0.6 is 0 Å². The van der Waals surface area contributed by atoms with E-state index in [1.54, 1.807) is 0 Å². The second kappa shape index (κ2) is 5.01. The summed E-state index contributed by atoms with van der Waals surface area (Å²) in [7, 11) is 0. The lowest BCUT2D eigenvalue weighted by molar-refractivity contribution is 0.209. The van der Waals surface area contributed by atoms with Crippen molar-refractivity contribution in [3.63, 3.8) is 0 Å². The van der Waals surface area contributed by atoms with Crippen LogP contribution in [0.25, 0.3) is 0 Å². The number of nitrogens with one attached hydrogen (secondary N) is 1. The number of benzene rings is 1. The Morgan fingerprint density at radius 1 is 1.38 bits per heavy atom. The monoisotopic (exact) mass is 218 g/mol. The highest BCUT2D eigenvalue weighted by Gasteiger charge is 2.31. The Labute approximate surface area is 96.5 Å². The Hall–Kier alpha value is -1.51. The van der Waals surface area contributed by atoms with E-state index in [-0.39, 0.29) is 6.03 Å². The third kappa shape index (κ3) is 2.75. The van der Waals surface area contributed by atoms with Crippen LogP contribution in [0.5, 0.6) is 0 Å². The highest BCUT2D eigenvalue weighted by atomic mass is 16.2. The molecule has 1 aromatic carbocycles. The zero-order chi connectivity index (χ0) is 11.4. The predicted octanol–water partition coefficient (Wildman–Crippen LogP) is 3.09. The van der Waals surface area contributed by atoms with E-state index in [1.807, 2.05) is 35.2 Å². The zero-order valence-electron chi connectivity index (χ0n) is 9.65. The van der Waals surface area contributed by atoms with E-state index in [0.717, 1.165) is 31.5 Å². The van der Waals surface area contributed by atoms with E-state index >= 15 is 0 Å². The molecule has 0 unspecified atom stereocenters. The summed E-state index contributed by atoms with van der Waals surface area (Å²) in [5, 5.41) is 2.94. The van der Waals surface area contributed by atoms with Crippen molar-refractivity contribution in [2.75, 3.05) is 11.9 Å². The Morgan fingerprint density at radius 2 is 2.06 bits per heavy atom. The van der Waals surface area contributed by atoms with Crippen molar-refractivity contribution < 1.29 is 4.79 Å². The van der Waals surface area contributed by atoms with Gasteiger partial charge in [0.05, 0.1) is 0 Å². The Bertz CT molecular complexity index is 346. The number of hydrogen-bond acceptors (Lipinski definition) is 1. The third-order valence-corrected chi connectivity index (χ3v) is 2.74. The largest absolute Gasteiger partial charge is 0.322 e. The summed E-state index contributed by atoms with van der Waals surface area (Å²) in [6.07, 6.45) is 3.32. The summed E-state index contributed by atoms with van der Waals surface area (Å²) in [4.78, 5) is 14.0. The van der Waals surface area contributed by atoms with Crippen molar-refractivity contribution in [3.8, 4) is 0 Å². The molecule has 0 atom stereocenters. The summed E-state index contributed by atoms with van der Waals surface area (Å²) in [5.74, 6) is 0.